The first-order valence-corrected chi connectivity index (χ1v) is 8.97. The van der Waals surface area contributed by atoms with Crippen LogP contribution in [-0.4, -0.2) is 34.0 Å². The molecule has 2 aromatic rings. The van der Waals surface area contributed by atoms with Crippen LogP contribution in [0.5, 0.6) is 5.75 Å². The van der Waals surface area contributed by atoms with Crippen molar-refractivity contribution in [1.82, 2.24) is 9.88 Å². The quantitative estimate of drug-likeness (QED) is 0.933. The third-order valence-electron chi connectivity index (χ3n) is 4.60. The van der Waals surface area contributed by atoms with Crippen LogP contribution in [0.4, 0.5) is 0 Å². The average molecular weight is 330 g/mol. The number of benzene rings is 1. The highest BCUT2D eigenvalue weighted by molar-refractivity contribution is 7.09. The summed E-state index contributed by atoms with van der Waals surface area (Å²) < 4.78 is 0. The highest BCUT2D eigenvalue weighted by Crippen LogP contribution is 2.30. The van der Waals surface area contributed by atoms with Crippen molar-refractivity contribution in [2.75, 3.05) is 13.1 Å². The maximum Gasteiger partial charge on any atom is 0.222 e. The minimum Gasteiger partial charge on any atom is -0.508 e. The van der Waals surface area contributed by atoms with Gasteiger partial charge in [0.2, 0.25) is 5.91 Å². The summed E-state index contributed by atoms with van der Waals surface area (Å²) in [5, 5.41) is 9.60. The number of likely N-dealkylation sites (tertiary alicyclic amines) is 1. The van der Waals surface area contributed by atoms with Crippen LogP contribution in [0.3, 0.4) is 0 Å². The fourth-order valence-corrected chi connectivity index (χ4v) is 3.97. The van der Waals surface area contributed by atoms with Gasteiger partial charge in [-0.15, -0.1) is 11.3 Å². The molecule has 0 unspecified atom stereocenters. The number of rotatable bonds is 4. The highest BCUT2D eigenvalue weighted by Gasteiger charge is 2.23. The topological polar surface area (TPSA) is 53.4 Å². The molecule has 0 bridgehead atoms. The van der Waals surface area contributed by atoms with Gasteiger partial charge >= 0.3 is 0 Å². The summed E-state index contributed by atoms with van der Waals surface area (Å²) in [7, 11) is 0. The van der Waals surface area contributed by atoms with E-state index in [1.807, 2.05) is 29.5 Å². The Hall–Kier alpha value is -1.88. The molecule has 3 rings (SSSR count). The van der Waals surface area contributed by atoms with E-state index in [4.69, 9.17) is 0 Å². The van der Waals surface area contributed by atoms with Gasteiger partial charge in [0.25, 0.3) is 0 Å². The van der Waals surface area contributed by atoms with Crippen molar-refractivity contribution in [3.05, 3.63) is 45.9 Å². The predicted octanol–water partition coefficient (Wildman–Crippen LogP) is 3.50. The van der Waals surface area contributed by atoms with E-state index in [0.717, 1.165) is 38.0 Å². The number of amides is 1. The summed E-state index contributed by atoms with van der Waals surface area (Å²) in [6.45, 7) is 3.61. The summed E-state index contributed by atoms with van der Waals surface area (Å²) in [5.41, 5.74) is 4.07. The van der Waals surface area contributed by atoms with Crippen molar-refractivity contribution < 1.29 is 9.90 Å². The van der Waals surface area contributed by atoms with Gasteiger partial charge in [-0.2, -0.15) is 0 Å². The van der Waals surface area contributed by atoms with Gasteiger partial charge in [0, 0.05) is 24.4 Å². The third kappa shape index (κ3) is 3.91. The number of hydrogen-bond donors (Lipinski definition) is 1. The largest absolute Gasteiger partial charge is 0.508 e. The number of phenolic OH excluding ortho intramolecular Hbond substituents is 1. The van der Waals surface area contributed by atoms with E-state index in [1.54, 1.807) is 17.4 Å². The summed E-state index contributed by atoms with van der Waals surface area (Å²) in [5.74, 6) is 1.00. The first-order chi connectivity index (χ1) is 11.1. The van der Waals surface area contributed by atoms with E-state index in [9.17, 15) is 9.90 Å². The fourth-order valence-electron chi connectivity index (χ4n) is 3.19. The molecule has 1 saturated heterocycles. The Labute approximate surface area is 140 Å². The lowest BCUT2D eigenvalue weighted by molar-refractivity contribution is -0.132. The van der Waals surface area contributed by atoms with Crippen molar-refractivity contribution in [3.63, 3.8) is 0 Å². The zero-order valence-corrected chi connectivity index (χ0v) is 14.2. The molecule has 1 aromatic heterocycles. The number of aryl methyl sites for hydroxylation is 2. The van der Waals surface area contributed by atoms with Gasteiger partial charge in [0.1, 0.15) is 5.75 Å². The Morgan fingerprint density at radius 2 is 2.17 bits per heavy atom. The maximum atomic E-state index is 12.4. The number of hydrogen-bond acceptors (Lipinski definition) is 4. The van der Waals surface area contributed by atoms with Crippen LogP contribution in [0.25, 0.3) is 0 Å². The van der Waals surface area contributed by atoms with Crippen molar-refractivity contribution >= 4 is 17.2 Å². The molecule has 0 atom stereocenters. The number of nitrogens with zero attached hydrogens (tertiary/aromatic N) is 2. The van der Waals surface area contributed by atoms with E-state index < -0.39 is 0 Å². The summed E-state index contributed by atoms with van der Waals surface area (Å²) in [6.07, 6.45) is 3.30. The van der Waals surface area contributed by atoms with Gasteiger partial charge in [-0.3, -0.25) is 4.79 Å². The van der Waals surface area contributed by atoms with Crippen LogP contribution in [0, 0.1) is 6.92 Å². The molecule has 1 amide bonds. The lowest BCUT2D eigenvalue weighted by Gasteiger charge is -2.32. The maximum absolute atomic E-state index is 12.4. The van der Waals surface area contributed by atoms with Crippen molar-refractivity contribution in [2.24, 2.45) is 0 Å². The van der Waals surface area contributed by atoms with Crippen molar-refractivity contribution in [3.8, 4) is 5.75 Å². The molecule has 0 saturated carbocycles. The molecule has 2 heterocycles. The monoisotopic (exact) mass is 330 g/mol. The molecular weight excluding hydrogens is 308 g/mol. The molecule has 122 valence electrons. The van der Waals surface area contributed by atoms with Gasteiger partial charge in [-0.25, -0.2) is 4.98 Å². The molecule has 1 aliphatic heterocycles. The number of carbonyl (C=O) groups excluding carboxylic acids is 1. The molecule has 5 heteroatoms. The molecule has 0 aliphatic carbocycles. The average Bonchev–Trinajstić information content (AvgIpc) is 2.98. The second-order valence-corrected chi connectivity index (χ2v) is 7.05. The Morgan fingerprint density at radius 3 is 2.83 bits per heavy atom. The fraction of sp³-hybridized carbons (Fsp3) is 0.444. The smallest absolute Gasteiger partial charge is 0.222 e. The zero-order chi connectivity index (χ0) is 16.2. The molecule has 0 radical (unpaired) electrons. The van der Waals surface area contributed by atoms with Crippen LogP contribution < -0.4 is 0 Å². The van der Waals surface area contributed by atoms with E-state index in [-0.39, 0.29) is 5.91 Å². The van der Waals surface area contributed by atoms with Crippen LogP contribution in [-0.2, 0) is 11.2 Å². The van der Waals surface area contributed by atoms with Gasteiger partial charge in [0.05, 0.1) is 11.2 Å². The van der Waals surface area contributed by atoms with Crippen molar-refractivity contribution in [1.29, 1.82) is 0 Å². The van der Waals surface area contributed by atoms with Crippen LogP contribution in [0.2, 0.25) is 0 Å². The van der Waals surface area contributed by atoms with E-state index in [2.05, 4.69) is 11.1 Å². The second kappa shape index (κ2) is 7.13. The molecule has 1 N–H and O–H groups in total. The van der Waals surface area contributed by atoms with E-state index in [0.29, 0.717) is 18.1 Å². The number of aromatic nitrogens is 1. The minimum atomic E-state index is 0.243. The molecular formula is C18H22N2O2S. The molecule has 1 aliphatic rings. The standard InChI is InChI=1S/C18H22N2O2S/c1-13-17(23-12-19-13)5-6-18(22)20-9-7-14(8-10-20)15-3-2-4-16(21)11-15/h2-4,11-12,14,21H,5-10H2,1H3. The normalized spacial score (nSPS) is 15.8. The summed E-state index contributed by atoms with van der Waals surface area (Å²) in [4.78, 5) is 19.8. The summed E-state index contributed by atoms with van der Waals surface area (Å²) in [6, 6.07) is 7.49. The first-order valence-electron chi connectivity index (χ1n) is 8.09. The van der Waals surface area contributed by atoms with Crippen LogP contribution in [0.15, 0.2) is 29.8 Å². The number of thiazole rings is 1. The second-order valence-electron chi connectivity index (χ2n) is 6.11. The Morgan fingerprint density at radius 1 is 1.39 bits per heavy atom. The van der Waals surface area contributed by atoms with Crippen LogP contribution in [0.1, 0.15) is 41.3 Å². The SMILES string of the molecule is Cc1ncsc1CCC(=O)N1CCC(c2cccc(O)c2)CC1. The molecule has 1 fully saturated rings. The molecule has 4 nitrogen and oxygen atoms in total. The van der Waals surface area contributed by atoms with Crippen LogP contribution >= 0.6 is 11.3 Å². The van der Waals surface area contributed by atoms with E-state index in [1.165, 1.54) is 10.4 Å². The van der Waals surface area contributed by atoms with Crippen molar-refractivity contribution in [2.45, 2.75) is 38.5 Å². The van der Waals surface area contributed by atoms with Gasteiger partial charge in [-0.1, -0.05) is 12.1 Å². The van der Waals surface area contributed by atoms with Gasteiger partial charge < -0.3 is 10.0 Å². The first kappa shape index (κ1) is 16.0. The molecule has 0 spiro atoms. The van der Waals surface area contributed by atoms with Gasteiger partial charge in [-0.05, 0) is 49.8 Å². The molecule has 23 heavy (non-hydrogen) atoms. The predicted molar refractivity (Wildman–Crippen MR) is 91.8 cm³/mol. The number of piperidine rings is 1. The number of phenols is 1. The third-order valence-corrected chi connectivity index (χ3v) is 5.59. The number of aromatic hydroxyl groups is 1. The summed E-state index contributed by atoms with van der Waals surface area (Å²) >= 11 is 1.63. The number of carbonyl (C=O) groups is 1. The minimum absolute atomic E-state index is 0.243. The zero-order valence-electron chi connectivity index (χ0n) is 13.4. The Balaban J connectivity index is 1.50. The Bertz CT molecular complexity index is 675. The molecule has 1 aromatic carbocycles. The highest BCUT2D eigenvalue weighted by atomic mass is 32.1. The van der Waals surface area contributed by atoms with E-state index >= 15 is 0 Å². The lowest BCUT2D eigenvalue weighted by Crippen LogP contribution is -2.38. The lowest BCUT2D eigenvalue weighted by atomic mass is 9.89. The Kier molecular flexibility index (Phi) is 4.96. The van der Waals surface area contributed by atoms with Gasteiger partial charge in [0.15, 0.2) is 0 Å².